The van der Waals surface area contributed by atoms with Crippen molar-refractivity contribution in [2.45, 2.75) is 44.1 Å². The van der Waals surface area contributed by atoms with E-state index in [2.05, 4.69) is 5.11 Å². The molecule has 0 aromatic heterocycles. The maximum atomic E-state index is 5.70. The highest BCUT2D eigenvalue weighted by Crippen LogP contribution is 2.57. The van der Waals surface area contributed by atoms with Crippen LogP contribution in [0.4, 0.5) is 11.4 Å². The molecule has 1 aromatic carbocycles. The topological polar surface area (TPSA) is 50.7 Å². The zero-order valence-corrected chi connectivity index (χ0v) is 11.3. The SMILES string of the molecule is Nc1ccc(N=NC23CC4CC(CC(C4)C2)C3)cc1. The van der Waals surface area contributed by atoms with E-state index in [4.69, 9.17) is 10.8 Å². The van der Waals surface area contributed by atoms with Crippen LogP contribution < -0.4 is 5.73 Å². The molecule has 0 amide bonds. The molecule has 3 heteroatoms. The van der Waals surface area contributed by atoms with Crippen molar-refractivity contribution < 1.29 is 0 Å². The summed E-state index contributed by atoms with van der Waals surface area (Å²) < 4.78 is 0. The van der Waals surface area contributed by atoms with E-state index in [-0.39, 0.29) is 5.54 Å². The van der Waals surface area contributed by atoms with E-state index in [0.29, 0.717) is 0 Å². The lowest BCUT2D eigenvalue weighted by atomic mass is 9.53. The second kappa shape index (κ2) is 4.06. The first-order chi connectivity index (χ1) is 9.21. The summed E-state index contributed by atoms with van der Waals surface area (Å²) in [5.41, 5.74) is 7.59. The molecule has 4 aliphatic rings. The van der Waals surface area contributed by atoms with Gasteiger partial charge >= 0.3 is 0 Å². The fraction of sp³-hybridized carbons (Fsp3) is 0.625. The van der Waals surface area contributed by atoms with E-state index in [0.717, 1.165) is 29.1 Å². The van der Waals surface area contributed by atoms with Crippen LogP contribution in [0.1, 0.15) is 38.5 Å². The van der Waals surface area contributed by atoms with Gasteiger partial charge in [0, 0.05) is 5.69 Å². The van der Waals surface area contributed by atoms with Gasteiger partial charge in [-0.1, -0.05) is 0 Å². The van der Waals surface area contributed by atoms with Gasteiger partial charge in [0.15, 0.2) is 0 Å². The third-order valence-electron chi connectivity index (χ3n) is 5.28. The molecule has 5 rings (SSSR count). The van der Waals surface area contributed by atoms with Gasteiger partial charge < -0.3 is 5.73 Å². The summed E-state index contributed by atoms with van der Waals surface area (Å²) in [6.45, 7) is 0. The molecule has 19 heavy (non-hydrogen) atoms. The Morgan fingerprint density at radius 1 is 0.895 bits per heavy atom. The minimum atomic E-state index is 0.177. The van der Waals surface area contributed by atoms with Gasteiger partial charge in [0.25, 0.3) is 0 Å². The molecule has 0 atom stereocenters. The molecule has 0 heterocycles. The molecule has 0 unspecified atom stereocenters. The Morgan fingerprint density at radius 3 is 1.95 bits per heavy atom. The Bertz CT molecular complexity index is 468. The number of hydrogen-bond acceptors (Lipinski definition) is 3. The predicted molar refractivity (Wildman–Crippen MR) is 76.3 cm³/mol. The van der Waals surface area contributed by atoms with Crippen molar-refractivity contribution in [2.75, 3.05) is 5.73 Å². The largest absolute Gasteiger partial charge is 0.399 e. The van der Waals surface area contributed by atoms with E-state index in [1.807, 2.05) is 24.3 Å². The van der Waals surface area contributed by atoms with Crippen LogP contribution in [-0.2, 0) is 0 Å². The minimum absolute atomic E-state index is 0.177. The quantitative estimate of drug-likeness (QED) is 0.621. The van der Waals surface area contributed by atoms with E-state index in [9.17, 15) is 0 Å². The Kier molecular flexibility index (Phi) is 2.44. The van der Waals surface area contributed by atoms with Crippen molar-refractivity contribution >= 4 is 11.4 Å². The summed E-state index contributed by atoms with van der Waals surface area (Å²) in [4.78, 5) is 0. The van der Waals surface area contributed by atoms with Gasteiger partial charge in [0.2, 0.25) is 0 Å². The molecule has 4 bridgehead atoms. The highest BCUT2D eigenvalue weighted by molar-refractivity contribution is 5.47. The first kappa shape index (κ1) is 11.4. The van der Waals surface area contributed by atoms with Gasteiger partial charge in [0.1, 0.15) is 0 Å². The predicted octanol–water partition coefficient (Wildman–Crippen LogP) is 4.32. The summed E-state index contributed by atoms with van der Waals surface area (Å²) in [5.74, 6) is 2.78. The monoisotopic (exact) mass is 255 g/mol. The Labute approximate surface area is 114 Å². The Balaban J connectivity index is 1.57. The third kappa shape index (κ3) is 2.05. The van der Waals surface area contributed by atoms with Crippen LogP contribution in [-0.4, -0.2) is 5.54 Å². The molecule has 0 aliphatic heterocycles. The van der Waals surface area contributed by atoms with Crippen LogP contribution in [0.3, 0.4) is 0 Å². The summed E-state index contributed by atoms with van der Waals surface area (Å²) >= 11 is 0. The number of azo groups is 1. The fourth-order valence-electron chi connectivity index (χ4n) is 4.89. The van der Waals surface area contributed by atoms with Crippen LogP contribution in [0.25, 0.3) is 0 Å². The smallest absolute Gasteiger partial charge is 0.0854 e. The van der Waals surface area contributed by atoms with Crippen molar-refractivity contribution in [3.8, 4) is 0 Å². The van der Waals surface area contributed by atoms with Gasteiger partial charge in [-0.25, -0.2) is 0 Å². The lowest BCUT2D eigenvalue weighted by molar-refractivity contribution is -0.00155. The summed E-state index contributed by atoms with van der Waals surface area (Å²) in [6.07, 6.45) is 8.19. The molecule has 3 nitrogen and oxygen atoms in total. The second-order valence-electron chi connectivity index (χ2n) is 6.93. The van der Waals surface area contributed by atoms with Crippen molar-refractivity contribution in [3.63, 3.8) is 0 Å². The van der Waals surface area contributed by atoms with Gasteiger partial charge in [-0.05, 0) is 80.5 Å². The van der Waals surface area contributed by atoms with Crippen LogP contribution in [0.5, 0.6) is 0 Å². The zero-order chi connectivity index (χ0) is 12.9. The molecule has 4 saturated carbocycles. The third-order valence-corrected chi connectivity index (χ3v) is 5.28. The molecule has 2 N–H and O–H groups in total. The van der Waals surface area contributed by atoms with Crippen molar-refractivity contribution in [1.82, 2.24) is 0 Å². The summed E-state index contributed by atoms with van der Waals surface area (Å²) in [6, 6.07) is 7.71. The summed E-state index contributed by atoms with van der Waals surface area (Å²) in [7, 11) is 0. The van der Waals surface area contributed by atoms with Crippen LogP contribution >= 0.6 is 0 Å². The molecule has 4 aliphatic carbocycles. The number of nitrogen functional groups attached to an aromatic ring is 1. The second-order valence-corrected chi connectivity index (χ2v) is 6.93. The maximum Gasteiger partial charge on any atom is 0.0854 e. The molecular weight excluding hydrogens is 234 g/mol. The summed E-state index contributed by atoms with van der Waals surface area (Å²) in [5, 5.41) is 9.31. The molecular formula is C16H21N3. The van der Waals surface area contributed by atoms with E-state index >= 15 is 0 Å². The van der Waals surface area contributed by atoms with Crippen molar-refractivity contribution in [2.24, 2.45) is 28.0 Å². The molecule has 1 aromatic rings. The van der Waals surface area contributed by atoms with Crippen molar-refractivity contribution in [1.29, 1.82) is 0 Å². The van der Waals surface area contributed by atoms with E-state index in [1.165, 1.54) is 38.5 Å². The molecule has 0 radical (unpaired) electrons. The highest BCUT2D eigenvalue weighted by Gasteiger charge is 2.51. The Hall–Kier alpha value is -1.38. The average molecular weight is 255 g/mol. The molecule has 4 fully saturated rings. The Morgan fingerprint density at radius 2 is 1.42 bits per heavy atom. The molecule has 100 valence electrons. The number of rotatable bonds is 2. The lowest BCUT2D eigenvalue weighted by Crippen LogP contribution is -2.49. The lowest BCUT2D eigenvalue weighted by Gasteiger charge is -2.54. The molecule has 0 spiro atoms. The van der Waals surface area contributed by atoms with Gasteiger partial charge in [0.05, 0.1) is 11.2 Å². The number of anilines is 1. The number of hydrogen-bond donors (Lipinski definition) is 1. The van der Waals surface area contributed by atoms with Crippen LogP contribution in [0.2, 0.25) is 0 Å². The number of nitrogens with zero attached hydrogens (tertiary/aromatic N) is 2. The van der Waals surface area contributed by atoms with Gasteiger partial charge in [-0.15, -0.1) is 0 Å². The first-order valence-corrected chi connectivity index (χ1v) is 7.49. The average Bonchev–Trinajstić information content (AvgIpc) is 2.36. The highest BCUT2D eigenvalue weighted by atomic mass is 15.2. The maximum absolute atomic E-state index is 5.70. The first-order valence-electron chi connectivity index (χ1n) is 7.49. The van der Waals surface area contributed by atoms with Gasteiger partial charge in [-0.2, -0.15) is 10.2 Å². The van der Waals surface area contributed by atoms with E-state index in [1.54, 1.807) is 0 Å². The standard InChI is InChI=1S/C16H21N3/c17-14-1-3-15(4-2-14)18-19-16-8-11-5-12(9-16)7-13(6-11)10-16/h1-4,11-13H,5-10,17H2. The van der Waals surface area contributed by atoms with Crippen molar-refractivity contribution in [3.05, 3.63) is 24.3 Å². The molecule has 0 saturated heterocycles. The fourth-order valence-corrected chi connectivity index (χ4v) is 4.89. The number of nitrogens with two attached hydrogens (primary N) is 1. The van der Waals surface area contributed by atoms with E-state index < -0.39 is 0 Å². The normalized spacial score (nSPS) is 40.1. The van der Waals surface area contributed by atoms with Crippen LogP contribution in [0, 0.1) is 17.8 Å². The van der Waals surface area contributed by atoms with Crippen LogP contribution in [0.15, 0.2) is 34.5 Å². The number of benzene rings is 1. The van der Waals surface area contributed by atoms with Gasteiger partial charge in [-0.3, -0.25) is 0 Å². The minimum Gasteiger partial charge on any atom is -0.399 e. The zero-order valence-electron chi connectivity index (χ0n) is 11.3.